The Bertz CT molecular complexity index is 714. The summed E-state index contributed by atoms with van der Waals surface area (Å²) < 4.78 is 28.2. The van der Waals surface area contributed by atoms with Crippen molar-refractivity contribution >= 4 is 15.9 Å². The minimum Gasteiger partial charge on any atom is -0.397 e. The van der Waals surface area contributed by atoms with Gasteiger partial charge in [0.25, 0.3) is 15.2 Å². The van der Waals surface area contributed by atoms with Gasteiger partial charge in [-0.05, 0) is 6.07 Å². The van der Waals surface area contributed by atoms with Crippen molar-refractivity contribution in [1.82, 2.24) is 14.8 Å². The van der Waals surface area contributed by atoms with Gasteiger partial charge in [-0.25, -0.2) is 13.6 Å². The van der Waals surface area contributed by atoms with Gasteiger partial charge >= 0.3 is 5.88 Å². The first kappa shape index (κ1) is 12.2. The number of nitrogens with zero attached hydrogens (tertiary/aromatic N) is 4. The molecule has 11 heteroatoms. The van der Waals surface area contributed by atoms with Crippen LogP contribution in [-0.4, -0.2) is 28.1 Å². The van der Waals surface area contributed by atoms with Crippen LogP contribution in [0, 0.1) is 10.1 Å². The van der Waals surface area contributed by atoms with E-state index in [-0.39, 0.29) is 11.6 Å². The van der Waals surface area contributed by atoms with Crippen molar-refractivity contribution in [3.63, 3.8) is 0 Å². The van der Waals surface area contributed by atoms with Gasteiger partial charge in [-0.3, -0.25) is 14.7 Å². The molecule has 96 valence electrons. The highest BCUT2D eigenvalue weighted by molar-refractivity contribution is 7.89. The van der Waals surface area contributed by atoms with E-state index in [4.69, 9.17) is 9.56 Å². The molecule has 0 aliphatic carbocycles. The monoisotopic (exact) mass is 273 g/mol. The van der Waals surface area contributed by atoms with Gasteiger partial charge in [-0.1, -0.05) is 0 Å². The van der Waals surface area contributed by atoms with Crippen molar-refractivity contribution in [3.8, 4) is 11.6 Å². The Labute approximate surface area is 100 Å². The molecule has 2 rings (SSSR count). The van der Waals surface area contributed by atoms with Crippen molar-refractivity contribution in [2.45, 2.75) is 5.16 Å². The molecule has 2 heterocycles. The first-order chi connectivity index (χ1) is 8.30. The highest BCUT2D eigenvalue weighted by Crippen LogP contribution is 2.25. The number of aromatic nitrogens is 3. The molecular weight excluding hydrogens is 266 g/mol. The van der Waals surface area contributed by atoms with Gasteiger partial charge in [-0.15, -0.1) is 10.2 Å². The van der Waals surface area contributed by atoms with Crippen LogP contribution in [0.1, 0.15) is 0 Å². The molecule has 0 saturated carbocycles. The smallest absolute Gasteiger partial charge is 0.397 e. The summed E-state index contributed by atoms with van der Waals surface area (Å²) in [6, 6.07) is 2.41. The molecule has 0 spiro atoms. The summed E-state index contributed by atoms with van der Waals surface area (Å²) in [5.41, 5.74) is 0. The zero-order valence-corrected chi connectivity index (χ0v) is 9.79. The summed E-state index contributed by atoms with van der Waals surface area (Å²) in [6.07, 6.45) is 0. The van der Waals surface area contributed by atoms with Crippen LogP contribution < -0.4 is 5.14 Å². The number of rotatable bonds is 3. The van der Waals surface area contributed by atoms with E-state index < -0.39 is 26.0 Å². The molecule has 0 aliphatic rings. The lowest BCUT2D eigenvalue weighted by atomic mass is 10.4. The zero-order chi connectivity index (χ0) is 13.5. The predicted molar refractivity (Wildman–Crippen MR) is 56.7 cm³/mol. The number of sulfonamides is 1. The standard InChI is InChI=1S/C7H7N5O5S/c1-11-6(9-10-7(11)18(8,15)16)4-2-3-5(17-4)12(13)14/h2-3H,1H3,(H2,8,15,16). The summed E-state index contributed by atoms with van der Waals surface area (Å²) in [4.78, 5) is 9.73. The highest BCUT2D eigenvalue weighted by Gasteiger charge is 2.22. The lowest BCUT2D eigenvalue weighted by Gasteiger charge is -1.98. The van der Waals surface area contributed by atoms with Crippen LogP contribution in [0.5, 0.6) is 0 Å². The van der Waals surface area contributed by atoms with E-state index in [0.717, 1.165) is 10.6 Å². The number of nitrogens with two attached hydrogens (primary N) is 1. The van der Waals surface area contributed by atoms with Crippen LogP contribution in [0.4, 0.5) is 5.88 Å². The molecule has 0 unspecified atom stereocenters. The third-order valence-corrected chi connectivity index (χ3v) is 2.95. The van der Waals surface area contributed by atoms with Crippen molar-refractivity contribution in [2.24, 2.45) is 12.2 Å². The summed E-state index contributed by atoms with van der Waals surface area (Å²) in [5, 5.41) is 21.8. The second kappa shape index (κ2) is 3.89. The van der Waals surface area contributed by atoms with Crippen molar-refractivity contribution in [2.75, 3.05) is 0 Å². The molecule has 0 atom stereocenters. The molecule has 18 heavy (non-hydrogen) atoms. The average Bonchev–Trinajstić information content (AvgIpc) is 2.81. The second-order valence-corrected chi connectivity index (χ2v) is 4.76. The highest BCUT2D eigenvalue weighted by atomic mass is 32.2. The van der Waals surface area contributed by atoms with Crippen molar-refractivity contribution in [1.29, 1.82) is 0 Å². The van der Waals surface area contributed by atoms with Gasteiger partial charge in [0.1, 0.15) is 4.92 Å². The molecule has 0 saturated heterocycles. The van der Waals surface area contributed by atoms with E-state index >= 15 is 0 Å². The predicted octanol–water partition coefficient (Wildman–Crippen LogP) is -0.369. The fraction of sp³-hybridized carbons (Fsp3) is 0.143. The number of nitro groups is 1. The van der Waals surface area contributed by atoms with E-state index in [1.807, 2.05) is 0 Å². The van der Waals surface area contributed by atoms with Crippen molar-refractivity contribution < 1.29 is 17.8 Å². The van der Waals surface area contributed by atoms with Gasteiger partial charge < -0.3 is 4.42 Å². The number of hydrogen-bond donors (Lipinski definition) is 1. The molecule has 2 N–H and O–H groups in total. The molecule has 0 amide bonds. The van der Waals surface area contributed by atoms with E-state index in [0.29, 0.717) is 0 Å². The summed E-state index contributed by atoms with van der Waals surface area (Å²) in [5.74, 6) is -0.441. The molecule has 0 fully saturated rings. The average molecular weight is 273 g/mol. The Hall–Kier alpha value is -2.27. The largest absolute Gasteiger partial charge is 0.433 e. The van der Waals surface area contributed by atoms with E-state index in [1.54, 1.807) is 0 Å². The van der Waals surface area contributed by atoms with Crippen LogP contribution >= 0.6 is 0 Å². The fourth-order valence-corrected chi connectivity index (χ4v) is 1.95. The zero-order valence-electron chi connectivity index (χ0n) is 8.97. The SMILES string of the molecule is Cn1c(-c2ccc([N+](=O)[O-])o2)nnc1S(N)(=O)=O. The number of primary sulfonamides is 1. The Morgan fingerprint density at radius 3 is 2.56 bits per heavy atom. The lowest BCUT2D eigenvalue weighted by Crippen LogP contribution is -2.17. The molecule has 0 radical (unpaired) electrons. The first-order valence-electron chi connectivity index (χ1n) is 4.47. The fourth-order valence-electron chi connectivity index (χ4n) is 1.32. The van der Waals surface area contributed by atoms with E-state index in [2.05, 4.69) is 10.2 Å². The van der Waals surface area contributed by atoms with Crippen LogP contribution in [-0.2, 0) is 17.1 Å². The molecule has 0 aliphatic heterocycles. The van der Waals surface area contributed by atoms with Gasteiger partial charge in [0, 0.05) is 7.05 Å². The van der Waals surface area contributed by atoms with Crippen LogP contribution in [0.3, 0.4) is 0 Å². The molecule has 0 aromatic carbocycles. The molecule has 10 nitrogen and oxygen atoms in total. The maximum absolute atomic E-state index is 11.1. The molecular formula is C7H7N5O5S. The van der Waals surface area contributed by atoms with Crippen molar-refractivity contribution in [3.05, 3.63) is 22.2 Å². The van der Waals surface area contributed by atoms with Gasteiger partial charge in [0.05, 0.1) is 6.07 Å². The Morgan fingerprint density at radius 1 is 1.44 bits per heavy atom. The first-order valence-corrected chi connectivity index (χ1v) is 6.02. The summed E-state index contributed by atoms with van der Waals surface area (Å²) in [6.45, 7) is 0. The third-order valence-electron chi connectivity index (χ3n) is 2.08. The van der Waals surface area contributed by atoms with Gasteiger partial charge in [-0.2, -0.15) is 0 Å². The minimum atomic E-state index is -4.02. The quantitative estimate of drug-likeness (QED) is 0.592. The van der Waals surface area contributed by atoms with Gasteiger partial charge in [0.15, 0.2) is 5.76 Å². The molecule has 2 aromatic heterocycles. The lowest BCUT2D eigenvalue weighted by molar-refractivity contribution is -0.401. The van der Waals surface area contributed by atoms with E-state index in [9.17, 15) is 18.5 Å². The van der Waals surface area contributed by atoms with Gasteiger partial charge in [0.2, 0.25) is 5.82 Å². The Balaban J connectivity index is 2.52. The minimum absolute atomic E-state index is 0.0200. The normalized spacial score (nSPS) is 11.7. The summed E-state index contributed by atoms with van der Waals surface area (Å²) >= 11 is 0. The van der Waals surface area contributed by atoms with Crippen LogP contribution in [0.25, 0.3) is 11.6 Å². The van der Waals surface area contributed by atoms with E-state index in [1.165, 1.54) is 13.1 Å². The van der Waals surface area contributed by atoms with Crippen LogP contribution in [0.15, 0.2) is 21.7 Å². The summed E-state index contributed by atoms with van der Waals surface area (Å²) in [7, 11) is -2.67. The maximum Gasteiger partial charge on any atom is 0.433 e. The Morgan fingerprint density at radius 2 is 2.11 bits per heavy atom. The second-order valence-electron chi connectivity index (χ2n) is 3.31. The van der Waals surface area contributed by atoms with Crippen LogP contribution in [0.2, 0.25) is 0 Å². The Kier molecular flexibility index (Phi) is 2.63. The number of hydrogen-bond acceptors (Lipinski definition) is 7. The molecule has 0 bridgehead atoms. The third kappa shape index (κ3) is 1.96. The number of furan rings is 1. The molecule has 2 aromatic rings. The maximum atomic E-state index is 11.1. The topological polar surface area (TPSA) is 147 Å².